The van der Waals surface area contributed by atoms with Crippen LogP contribution in [0.1, 0.15) is 25.0 Å². The molecule has 14 heavy (non-hydrogen) atoms. The van der Waals surface area contributed by atoms with Crippen LogP contribution in [0.15, 0.2) is 12.1 Å². The summed E-state index contributed by atoms with van der Waals surface area (Å²) in [5, 5.41) is 9.69. The predicted octanol–water partition coefficient (Wildman–Crippen LogP) is 2.93. The lowest BCUT2D eigenvalue weighted by Crippen LogP contribution is -2.00. The number of rotatable bonds is 3. The van der Waals surface area contributed by atoms with Crippen molar-refractivity contribution < 1.29 is 14.2 Å². The summed E-state index contributed by atoms with van der Waals surface area (Å²) in [5.41, 5.74) is 0.216. The normalized spacial score (nSPS) is 12.6. The number of ether oxygens (including phenoxy) is 1. The van der Waals surface area contributed by atoms with E-state index in [4.69, 9.17) is 16.3 Å². The van der Waals surface area contributed by atoms with E-state index in [1.807, 2.05) is 0 Å². The Morgan fingerprint density at radius 3 is 2.71 bits per heavy atom. The Morgan fingerprint density at radius 1 is 1.57 bits per heavy atom. The van der Waals surface area contributed by atoms with Gasteiger partial charge in [-0.1, -0.05) is 18.5 Å². The minimum absolute atomic E-state index is 0.206. The molecule has 0 aliphatic heterocycles. The highest BCUT2D eigenvalue weighted by Crippen LogP contribution is 2.31. The molecule has 0 amide bonds. The van der Waals surface area contributed by atoms with Crippen molar-refractivity contribution in [2.24, 2.45) is 0 Å². The average molecular weight is 219 g/mol. The highest BCUT2D eigenvalue weighted by Gasteiger charge is 2.14. The van der Waals surface area contributed by atoms with Gasteiger partial charge in [-0.2, -0.15) is 0 Å². The van der Waals surface area contributed by atoms with E-state index in [0.29, 0.717) is 12.2 Å². The maximum atomic E-state index is 13.3. The molecule has 1 N–H and O–H groups in total. The molecule has 0 aromatic heterocycles. The number of hydrogen-bond acceptors (Lipinski definition) is 2. The fourth-order valence-electron chi connectivity index (χ4n) is 1.18. The molecule has 0 saturated carbocycles. The summed E-state index contributed by atoms with van der Waals surface area (Å²) >= 11 is 5.70. The molecule has 0 aliphatic carbocycles. The van der Waals surface area contributed by atoms with Crippen LogP contribution in [-0.4, -0.2) is 12.2 Å². The van der Waals surface area contributed by atoms with Gasteiger partial charge in [0.25, 0.3) is 0 Å². The number of benzene rings is 1. The van der Waals surface area contributed by atoms with Crippen molar-refractivity contribution in [1.82, 2.24) is 0 Å². The molecule has 1 unspecified atom stereocenters. The Labute approximate surface area is 87.3 Å². The summed E-state index contributed by atoms with van der Waals surface area (Å²) < 4.78 is 18.2. The van der Waals surface area contributed by atoms with E-state index in [1.165, 1.54) is 13.2 Å². The second-order valence-corrected chi connectivity index (χ2v) is 3.34. The standard InChI is InChI=1S/C10H12ClFO2/c1-3-9(13)6-4-10(14-2)7(11)5-8(6)12/h4-5,9,13H,3H2,1-2H3. The smallest absolute Gasteiger partial charge is 0.138 e. The van der Waals surface area contributed by atoms with Crippen molar-refractivity contribution in [2.45, 2.75) is 19.4 Å². The van der Waals surface area contributed by atoms with Gasteiger partial charge in [-0.15, -0.1) is 0 Å². The molecule has 0 heterocycles. The summed E-state index contributed by atoms with van der Waals surface area (Å²) in [7, 11) is 1.45. The van der Waals surface area contributed by atoms with Gasteiger partial charge < -0.3 is 9.84 Å². The van der Waals surface area contributed by atoms with Gasteiger partial charge in [-0.25, -0.2) is 4.39 Å². The Morgan fingerprint density at radius 2 is 2.21 bits per heavy atom. The Balaban J connectivity index is 3.17. The lowest BCUT2D eigenvalue weighted by atomic mass is 10.1. The van der Waals surface area contributed by atoms with Gasteiger partial charge in [0.15, 0.2) is 0 Å². The molecule has 0 aliphatic rings. The molecule has 1 rings (SSSR count). The first-order valence-corrected chi connectivity index (χ1v) is 4.69. The summed E-state index contributed by atoms with van der Waals surface area (Å²) in [6, 6.07) is 2.57. The van der Waals surface area contributed by atoms with Crippen LogP contribution in [-0.2, 0) is 0 Å². The van der Waals surface area contributed by atoms with Crippen molar-refractivity contribution in [2.75, 3.05) is 7.11 Å². The number of aliphatic hydroxyl groups excluding tert-OH is 1. The average Bonchev–Trinajstić information content (AvgIpc) is 2.17. The quantitative estimate of drug-likeness (QED) is 0.845. The maximum absolute atomic E-state index is 13.3. The third-order valence-electron chi connectivity index (χ3n) is 2.02. The molecular weight excluding hydrogens is 207 g/mol. The molecule has 1 atom stereocenters. The van der Waals surface area contributed by atoms with Crippen LogP contribution in [0.2, 0.25) is 5.02 Å². The van der Waals surface area contributed by atoms with E-state index < -0.39 is 11.9 Å². The first-order chi connectivity index (χ1) is 6.60. The largest absolute Gasteiger partial charge is 0.495 e. The zero-order valence-electron chi connectivity index (χ0n) is 8.05. The Kier molecular flexibility index (Phi) is 3.72. The summed E-state index contributed by atoms with van der Waals surface area (Å²) in [5.74, 6) is -0.138. The molecule has 0 saturated heterocycles. The van der Waals surface area contributed by atoms with Crippen molar-refractivity contribution in [1.29, 1.82) is 0 Å². The topological polar surface area (TPSA) is 29.5 Å². The molecule has 2 nitrogen and oxygen atoms in total. The predicted molar refractivity (Wildman–Crippen MR) is 53.2 cm³/mol. The molecule has 4 heteroatoms. The number of hydrogen-bond donors (Lipinski definition) is 1. The van der Waals surface area contributed by atoms with E-state index >= 15 is 0 Å². The summed E-state index contributed by atoms with van der Waals surface area (Å²) in [6.07, 6.45) is -0.372. The van der Waals surface area contributed by atoms with Gasteiger partial charge in [0.05, 0.1) is 18.2 Å². The molecule has 0 fully saturated rings. The van der Waals surface area contributed by atoms with Crippen LogP contribution in [0.25, 0.3) is 0 Å². The maximum Gasteiger partial charge on any atom is 0.138 e. The van der Waals surface area contributed by atoms with Gasteiger partial charge in [-0.3, -0.25) is 0 Å². The van der Waals surface area contributed by atoms with E-state index in [0.717, 1.165) is 6.07 Å². The fraction of sp³-hybridized carbons (Fsp3) is 0.400. The van der Waals surface area contributed by atoms with E-state index in [-0.39, 0.29) is 10.6 Å². The number of methoxy groups -OCH3 is 1. The lowest BCUT2D eigenvalue weighted by molar-refractivity contribution is 0.168. The van der Waals surface area contributed by atoms with Crippen LogP contribution >= 0.6 is 11.6 Å². The van der Waals surface area contributed by atoms with Crippen molar-refractivity contribution in [3.8, 4) is 5.75 Å². The molecule has 0 spiro atoms. The first-order valence-electron chi connectivity index (χ1n) is 4.31. The molecule has 0 bridgehead atoms. The van der Waals surface area contributed by atoms with E-state index in [1.54, 1.807) is 6.92 Å². The molecule has 78 valence electrons. The van der Waals surface area contributed by atoms with E-state index in [2.05, 4.69) is 0 Å². The molecule has 1 aromatic rings. The van der Waals surface area contributed by atoms with Gasteiger partial charge in [0, 0.05) is 5.56 Å². The Bertz CT molecular complexity index is 328. The second kappa shape index (κ2) is 4.62. The lowest BCUT2D eigenvalue weighted by Gasteiger charge is -2.12. The third kappa shape index (κ3) is 2.16. The fourth-order valence-corrected chi connectivity index (χ4v) is 1.40. The number of aliphatic hydroxyl groups is 1. The van der Waals surface area contributed by atoms with Crippen LogP contribution in [0.4, 0.5) is 4.39 Å². The Hall–Kier alpha value is -0.800. The van der Waals surface area contributed by atoms with Crippen molar-refractivity contribution >= 4 is 11.6 Å². The third-order valence-corrected chi connectivity index (χ3v) is 2.31. The molecule has 0 radical (unpaired) electrons. The van der Waals surface area contributed by atoms with Crippen LogP contribution in [0.3, 0.4) is 0 Å². The molecular formula is C10H12ClFO2. The minimum Gasteiger partial charge on any atom is -0.495 e. The zero-order chi connectivity index (χ0) is 10.7. The summed E-state index contributed by atoms with van der Waals surface area (Å²) in [6.45, 7) is 1.77. The minimum atomic E-state index is -0.818. The van der Waals surface area contributed by atoms with Crippen molar-refractivity contribution in [3.05, 3.63) is 28.5 Å². The molecule has 1 aromatic carbocycles. The van der Waals surface area contributed by atoms with Crippen LogP contribution < -0.4 is 4.74 Å². The van der Waals surface area contributed by atoms with Gasteiger partial charge in [0.2, 0.25) is 0 Å². The first kappa shape index (κ1) is 11.3. The number of halogens is 2. The highest BCUT2D eigenvalue weighted by molar-refractivity contribution is 6.32. The second-order valence-electron chi connectivity index (χ2n) is 2.93. The monoisotopic (exact) mass is 218 g/mol. The van der Waals surface area contributed by atoms with Crippen LogP contribution in [0, 0.1) is 5.82 Å². The van der Waals surface area contributed by atoms with Crippen molar-refractivity contribution in [3.63, 3.8) is 0 Å². The van der Waals surface area contributed by atoms with E-state index in [9.17, 15) is 9.50 Å². The van der Waals surface area contributed by atoms with Gasteiger partial charge in [-0.05, 0) is 18.6 Å². The van der Waals surface area contributed by atoms with Crippen LogP contribution in [0.5, 0.6) is 5.75 Å². The van der Waals surface area contributed by atoms with Gasteiger partial charge >= 0.3 is 0 Å². The SMILES string of the molecule is CCC(O)c1cc(OC)c(Cl)cc1F. The zero-order valence-corrected chi connectivity index (χ0v) is 8.81. The highest BCUT2D eigenvalue weighted by atomic mass is 35.5. The summed E-state index contributed by atoms with van der Waals surface area (Å²) in [4.78, 5) is 0. The van der Waals surface area contributed by atoms with Gasteiger partial charge in [0.1, 0.15) is 11.6 Å².